The molecule has 1 aliphatic carbocycles. The molecule has 1 aromatic carbocycles. The summed E-state index contributed by atoms with van der Waals surface area (Å²) in [5.41, 5.74) is 5.17. The van der Waals surface area contributed by atoms with Gasteiger partial charge in [0.2, 0.25) is 0 Å². The number of hydrazone groups is 1. The third-order valence-corrected chi connectivity index (χ3v) is 4.28. The van der Waals surface area contributed by atoms with Crippen LogP contribution in [0, 0.1) is 0 Å². The van der Waals surface area contributed by atoms with E-state index in [1.807, 2.05) is 30.3 Å². The molecule has 5 heteroatoms. The van der Waals surface area contributed by atoms with Gasteiger partial charge in [-0.1, -0.05) is 24.6 Å². The van der Waals surface area contributed by atoms with Crippen molar-refractivity contribution >= 4 is 11.6 Å². The molecule has 1 amide bonds. The topological polar surface area (TPSA) is 63.6 Å². The number of nitrogens with zero attached hydrogens (tertiary/aromatic N) is 2. The Morgan fingerprint density at radius 1 is 1.21 bits per heavy atom. The molecule has 1 atom stereocenters. The summed E-state index contributed by atoms with van der Waals surface area (Å²) in [6, 6.07) is 13.1. The summed E-state index contributed by atoms with van der Waals surface area (Å²) in [7, 11) is 1.55. The Morgan fingerprint density at radius 2 is 2.04 bits per heavy atom. The van der Waals surface area contributed by atoms with Crippen molar-refractivity contribution in [1.29, 1.82) is 0 Å². The normalized spacial score (nSPS) is 19.0. The Kier molecular flexibility index (Phi) is 5.21. The number of methoxy groups -OCH3 is 1. The average molecular weight is 323 g/mol. The predicted octanol–water partition coefficient (Wildman–Crippen LogP) is 3.53. The molecule has 24 heavy (non-hydrogen) atoms. The number of carbonyl (C=O) groups excluding carboxylic acids is 1. The van der Waals surface area contributed by atoms with Crippen molar-refractivity contribution in [2.45, 2.75) is 31.6 Å². The SMILES string of the molecule is COc1ccccc1C(=O)NN=C1CCCCC1c1ccccn1. The van der Waals surface area contributed by atoms with Crippen LogP contribution in [0.25, 0.3) is 0 Å². The number of nitrogens with one attached hydrogen (secondary N) is 1. The molecule has 0 radical (unpaired) electrons. The molecule has 3 rings (SSSR count). The molecule has 1 N–H and O–H groups in total. The quantitative estimate of drug-likeness (QED) is 0.875. The van der Waals surface area contributed by atoms with Crippen LogP contribution in [-0.4, -0.2) is 23.7 Å². The number of aromatic nitrogens is 1. The maximum atomic E-state index is 12.4. The van der Waals surface area contributed by atoms with Crippen molar-refractivity contribution in [2.24, 2.45) is 5.10 Å². The minimum Gasteiger partial charge on any atom is -0.496 e. The van der Waals surface area contributed by atoms with Crippen LogP contribution in [-0.2, 0) is 0 Å². The van der Waals surface area contributed by atoms with Crippen LogP contribution in [0.1, 0.15) is 47.7 Å². The largest absolute Gasteiger partial charge is 0.496 e. The van der Waals surface area contributed by atoms with E-state index in [0.717, 1.165) is 37.1 Å². The monoisotopic (exact) mass is 323 g/mol. The summed E-state index contributed by atoms with van der Waals surface area (Å²) in [4.78, 5) is 16.8. The van der Waals surface area contributed by atoms with Crippen molar-refractivity contribution in [3.63, 3.8) is 0 Å². The van der Waals surface area contributed by atoms with Gasteiger partial charge < -0.3 is 4.74 Å². The fourth-order valence-electron chi connectivity index (χ4n) is 3.04. The van der Waals surface area contributed by atoms with Gasteiger partial charge in [0.1, 0.15) is 5.75 Å². The highest BCUT2D eigenvalue weighted by Crippen LogP contribution is 2.29. The molecule has 2 aromatic rings. The summed E-state index contributed by atoms with van der Waals surface area (Å²) in [5, 5.41) is 4.41. The molecular formula is C19H21N3O2. The highest BCUT2D eigenvalue weighted by molar-refractivity contribution is 5.98. The second-order valence-corrected chi connectivity index (χ2v) is 5.80. The molecule has 5 nitrogen and oxygen atoms in total. The van der Waals surface area contributed by atoms with E-state index < -0.39 is 0 Å². The molecule has 0 saturated heterocycles. The Balaban J connectivity index is 1.77. The number of carbonyl (C=O) groups is 1. The summed E-state index contributed by atoms with van der Waals surface area (Å²) in [6.45, 7) is 0. The zero-order valence-electron chi connectivity index (χ0n) is 13.7. The van der Waals surface area contributed by atoms with Crippen molar-refractivity contribution in [1.82, 2.24) is 10.4 Å². The van der Waals surface area contributed by atoms with E-state index in [0.29, 0.717) is 11.3 Å². The lowest BCUT2D eigenvalue weighted by Crippen LogP contribution is -2.25. The third kappa shape index (κ3) is 3.62. The molecular weight excluding hydrogens is 302 g/mol. The number of benzene rings is 1. The van der Waals surface area contributed by atoms with E-state index in [2.05, 4.69) is 15.5 Å². The van der Waals surface area contributed by atoms with Crippen molar-refractivity contribution in [3.05, 3.63) is 59.9 Å². The van der Waals surface area contributed by atoms with Crippen LogP contribution < -0.4 is 10.2 Å². The highest BCUT2D eigenvalue weighted by Gasteiger charge is 2.23. The first kappa shape index (κ1) is 16.2. The number of rotatable bonds is 4. The van der Waals surface area contributed by atoms with Crippen LogP contribution in [0.5, 0.6) is 5.75 Å². The van der Waals surface area contributed by atoms with Gasteiger partial charge in [-0.2, -0.15) is 5.10 Å². The zero-order valence-corrected chi connectivity index (χ0v) is 13.7. The Bertz CT molecular complexity index is 728. The third-order valence-electron chi connectivity index (χ3n) is 4.28. The predicted molar refractivity (Wildman–Crippen MR) is 93.3 cm³/mol. The fraction of sp³-hybridized carbons (Fsp3) is 0.316. The number of para-hydroxylation sites is 1. The number of ether oxygens (including phenoxy) is 1. The standard InChI is InChI=1S/C19H21N3O2/c1-24-18-12-5-3-9-15(18)19(23)22-21-17-11-4-2-8-14(17)16-10-6-7-13-20-16/h3,5-7,9-10,12-14H,2,4,8,11H2,1H3,(H,22,23). The van der Waals surface area contributed by atoms with Crippen LogP contribution in [0.3, 0.4) is 0 Å². The molecule has 1 unspecified atom stereocenters. The molecule has 1 aliphatic rings. The molecule has 1 aromatic heterocycles. The van der Waals surface area contributed by atoms with E-state index in [9.17, 15) is 4.79 Å². The maximum Gasteiger partial charge on any atom is 0.275 e. The molecule has 1 fully saturated rings. The first-order chi connectivity index (χ1) is 11.8. The summed E-state index contributed by atoms with van der Waals surface area (Å²) >= 11 is 0. The summed E-state index contributed by atoms with van der Waals surface area (Å²) in [5.74, 6) is 0.461. The van der Waals surface area contributed by atoms with Crippen molar-refractivity contribution in [3.8, 4) is 5.75 Å². The minimum atomic E-state index is -0.259. The van der Waals surface area contributed by atoms with Crippen LogP contribution in [0.2, 0.25) is 0 Å². The number of hydrogen-bond acceptors (Lipinski definition) is 4. The van der Waals surface area contributed by atoms with Gasteiger partial charge in [-0.15, -0.1) is 0 Å². The first-order valence-electron chi connectivity index (χ1n) is 8.20. The second-order valence-electron chi connectivity index (χ2n) is 5.80. The van der Waals surface area contributed by atoms with Gasteiger partial charge in [-0.05, 0) is 43.5 Å². The molecule has 1 heterocycles. The van der Waals surface area contributed by atoms with Crippen LogP contribution in [0.4, 0.5) is 0 Å². The van der Waals surface area contributed by atoms with Gasteiger partial charge in [0.05, 0.1) is 12.7 Å². The van der Waals surface area contributed by atoms with Gasteiger partial charge in [-0.25, -0.2) is 5.43 Å². The fourth-order valence-corrected chi connectivity index (χ4v) is 3.04. The van der Waals surface area contributed by atoms with Gasteiger partial charge in [0, 0.05) is 23.5 Å². The molecule has 0 bridgehead atoms. The smallest absolute Gasteiger partial charge is 0.275 e. The van der Waals surface area contributed by atoms with Crippen LogP contribution in [0.15, 0.2) is 53.8 Å². The van der Waals surface area contributed by atoms with Gasteiger partial charge in [0.15, 0.2) is 0 Å². The van der Waals surface area contributed by atoms with E-state index in [4.69, 9.17) is 4.74 Å². The number of amides is 1. The lowest BCUT2D eigenvalue weighted by atomic mass is 9.85. The number of hydrogen-bond donors (Lipinski definition) is 1. The summed E-state index contributed by atoms with van der Waals surface area (Å²) in [6.07, 6.45) is 5.94. The zero-order chi connectivity index (χ0) is 16.8. The summed E-state index contributed by atoms with van der Waals surface area (Å²) < 4.78 is 5.23. The second kappa shape index (κ2) is 7.73. The van der Waals surface area contributed by atoms with E-state index >= 15 is 0 Å². The van der Waals surface area contributed by atoms with E-state index in [1.54, 1.807) is 25.4 Å². The highest BCUT2D eigenvalue weighted by atomic mass is 16.5. The van der Waals surface area contributed by atoms with Crippen molar-refractivity contribution in [2.75, 3.05) is 7.11 Å². The lowest BCUT2D eigenvalue weighted by Gasteiger charge is -2.23. The average Bonchev–Trinajstić information content (AvgIpc) is 2.67. The van der Waals surface area contributed by atoms with E-state index in [-0.39, 0.29) is 11.8 Å². The Labute approximate surface area is 141 Å². The molecule has 124 valence electrons. The molecule has 0 spiro atoms. The first-order valence-corrected chi connectivity index (χ1v) is 8.20. The Morgan fingerprint density at radius 3 is 2.83 bits per heavy atom. The van der Waals surface area contributed by atoms with E-state index in [1.165, 1.54) is 0 Å². The number of pyridine rings is 1. The van der Waals surface area contributed by atoms with Gasteiger partial charge >= 0.3 is 0 Å². The van der Waals surface area contributed by atoms with Gasteiger partial charge in [-0.3, -0.25) is 9.78 Å². The maximum absolute atomic E-state index is 12.4. The molecule has 1 saturated carbocycles. The van der Waals surface area contributed by atoms with Crippen LogP contribution >= 0.6 is 0 Å². The molecule has 0 aliphatic heterocycles. The van der Waals surface area contributed by atoms with Crippen molar-refractivity contribution < 1.29 is 9.53 Å². The Hall–Kier alpha value is -2.69. The lowest BCUT2D eigenvalue weighted by molar-refractivity contribution is 0.0951. The minimum absolute atomic E-state index is 0.179. The van der Waals surface area contributed by atoms with Gasteiger partial charge in [0.25, 0.3) is 5.91 Å².